The average Bonchev–Trinajstić information content (AvgIpc) is 2.96. The van der Waals surface area contributed by atoms with Gasteiger partial charge >= 0.3 is 0 Å². The molecule has 2 aliphatic heterocycles. The fraction of sp³-hybridized carbons (Fsp3) is 0.643. The van der Waals surface area contributed by atoms with Crippen molar-refractivity contribution in [1.82, 2.24) is 5.32 Å². The van der Waals surface area contributed by atoms with Gasteiger partial charge in [-0.15, -0.1) is 0 Å². The Hall–Kier alpha value is -1.45. The summed E-state index contributed by atoms with van der Waals surface area (Å²) >= 11 is 0. The molecular formula is C14H17NO7. The molecule has 8 nitrogen and oxygen atoms in total. The van der Waals surface area contributed by atoms with E-state index in [-0.39, 0.29) is 18.8 Å². The van der Waals surface area contributed by atoms with Crippen molar-refractivity contribution in [2.75, 3.05) is 6.79 Å². The predicted molar refractivity (Wildman–Crippen MR) is 70.0 cm³/mol. The minimum atomic E-state index is -1.52. The molecular weight excluding hydrogens is 294 g/mol. The number of amides is 1. The number of hydrogen-bond acceptors (Lipinski definition) is 7. The molecule has 120 valence electrons. The topological polar surface area (TPSA) is 128 Å². The van der Waals surface area contributed by atoms with Crippen LogP contribution in [0.5, 0.6) is 0 Å². The lowest BCUT2D eigenvalue weighted by Crippen LogP contribution is -2.68. The lowest BCUT2D eigenvalue weighted by molar-refractivity contribution is -0.168. The summed E-state index contributed by atoms with van der Waals surface area (Å²) in [5, 5.41) is 42.8. The van der Waals surface area contributed by atoms with Gasteiger partial charge in [-0.1, -0.05) is 0 Å². The van der Waals surface area contributed by atoms with E-state index in [2.05, 4.69) is 5.32 Å². The van der Waals surface area contributed by atoms with Gasteiger partial charge in [-0.3, -0.25) is 4.79 Å². The van der Waals surface area contributed by atoms with Gasteiger partial charge in [0.2, 0.25) is 5.91 Å². The number of allylic oxidation sites excluding steroid dienone is 1. The molecule has 1 amide bonds. The van der Waals surface area contributed by atoms with Crippen LogP contribution in [0.3, 0.4) is 0 Å². The molecule has 2 heterocycles. The lowest BCUT2D eigenvalue weighted by atomic mass is 9.68. The highest BCUT2D eigenvalue weighted by Crippen LogP contribution is 2.42. The second-order valence-electron chi connectivity index (χ2n) is 6.09. The number of fused-ring (bicyclic) bond motifs is 3. The van der Waals surface area contributed by atoms with Crippen molar-refractivity contribution in [2.45, 2.75) is 43.0 Å². The lowest BCUT2D eigenvalue weighted by Gasteiger charge is -2.48. The Morgan fingerprint density at radius 3 is 2.59 bits per heavy atom. The van der Waals surface area contributed by atoms with Gasteiger partial charge in [0.05, 0.1) is 12.1 Å². The molecule has 7 atom stereocenters. The number of aliphatic hydroxyl groups excluding tert-OH is 4. The first kappa shape index (κ1) is 14.2. The van der Waals surface area contributed by atoms with Crippen LogP contribution >= 0.6 is 0 Å². The fourth-order valence-corrected chi connectivity index (χ4v) is 3.76. The summed E-state index contributed by atoms with van der Waals surface area (Å²) in [6.07, 6.45) is -4.03. The van der Waals surface area contributed by atoms with Crippen molar-refractivity contribution in [3.05, 3.63) is 23.0 Å². The summed E-state index contributed by atoms with van der Waals surface area (Å²) in [5.74, 6) is -0.495. The molecule has 1 saturated carbocycles. The first-order valence-electron chi connectivity index (χ1n) is 7.21. The number of carbonyl (C=O) groups is 1. The van der Waals surface area contributed by atoms with Gasteiger partial charge in [0.25, 0.3) is 0 Å². The van der Waals surface area contributed by atoms with Crippen molar-refractivity contribution in [3.8, 4) is 0 Å². The third-order valence-corrected chi connectivity index (χ3v) is 4.95. The quantitative estimate of drug-likeness (QED) is 0.335. The standard InChI is InChI=1S/C14H17NO7/c16-10-8-4-1-6-7(22-3-21-6)2-5(4)14(20)15-9(8)11(17)13(19)12(10)18/h1,7-13,16-19H,2-3H2,(H,15,20)/t7?,8-,9-,10-,11+,12+,13+/m1/s1. The van der Waals surface area contributed by atoms with Gasteiger partial charge in [0.1, 0.15) is 30.2 Å². The second kappa shape index (κ2) is 4.77. The van der Waals surface area contributed by atoms with E-state index in [0.717, 1.165) is 0 Å². The molecule has 0 radical (unpaired) electrons. The van der Waals surface area contributed by atoms with E-state index in [1.54, 1.807) is 6.08 Å². The molecule has 4 aliphatic rings. The smallest absolute Gasteiger partial charge is 0.247 e. The van der Waals surface area contributed by atoms with Gasteiger partial charge in [-0.25, -0.2) is 0 Å². The van der Waals surface area contributed by atoms with Crippen molar-refractivity contribution in [1.29, 1.82) is 0 Å². The molecule has 2 fully saturated rings. The number of nitrogens with one attached hydrogen (secondary N) is 1. The van der Waals surface area contributed by atoms with Crippen LogP contribution in [0.1, 0.15) is 6.42 Å². The van der Waals surface area contributed by atoms with Crippen LogP contribution in [-0.2, 0) is 14.3 Å². The Morgan fingerprint density at radius 1 is 1.09 bits per heavy atom. The van der Waals surface area contributed by atoms with E-state index in [4.69, 9.17) is 9.47 Å². The maximum atomic E-state index is 12.3. The van der Waals surface area contributed by atoms with E-state index < -0.39 is 36.4 Å². The number of ether oxygens (including phenoxy) is 2. The van der Waals surface area contributed by atoms with Crippen LogP contribution in [0.2, 0.25) is 0 Å². The van der Waals surface area contributed by atoms with Crippen molar-refractivity contribution < 1.29 is 34.7 Å². The molecule has 8 heteroatoms. The Morgan fingerprint density at radius 2 is 1.82 bits per heavy atom. The van der Waals surface area contributed by atoms with E-state index in [1.165, 1.54) is 0 Å². The van der Waals surface area contributed by atoms with Gasteiger partial charge in [-0.2, -0.15) is 0 Å². The molecule has 5 N–H and O–H groups in total. The van der Waals surface area contributed by atoms with Crippen LogP contribution in [0, 0.1) is 5.92 Å². The molecule has 0 bridgehead atoms. The van der Waals surface area contributed by atoms with Gasteiger partial charge in [0, 0.05) is 17.9 Å². The summed E-state index contributed by atoms with van der Waals surface area (Å²) in [7, 11) is 0. The molecule has 0 aromatic carbocycles. The highest BCUT2D eigenvalue weighted by molar-refractivity contribution is 5.97. The van der Waals surface area contributed by atoms with Crippen LogP contribution in [0.25, 0.3) is 0 Å². The van der Waals surface area contributed by atoms with E-state index in [1.807, 2.05) is 0 Å². The maximum absolute atomic E-state index is 12.3. The Labute approximate surface area is 125 Å². The van der Waals surface area contributed by atoms with E-state index in [9.17, 15) is 25.2 Å². The Kier molecular flexibility index (Phi) is 3.07. The number of carbonyl (C=O) groups excluding carboxylic acids is 1. The largest absolute Gasteiger partial charge is 0.469 e. The average molecular weight is 311 g/mol. The van der Waals surface area contributed by atoms with Crippen molar-refractivity contribution >= 4 is 5.91 Å². The summed E-state index contributed by atoms with van der Waals surface area (Å²) < 4.78 is 10.7. The van der Waals surface area contributed by atoms with E-state index >= 15 is 0 Å². The third kappa shape index (κ3) is 1.79. The van der Waals surface area contributed by atoms with Gasteiger partial charge in [-0.05, 0) is 11.6 Å². The minimum absolute atomic E-state index is 0.110. The first-order chi connectivity index (χ1) is 10.5. The molecule has 1 unspecified atom stereocenters. The third-order valence-electron chi connectivity index (χ3n) is 4.95. The van der Waals surface area contributed by atoms with E-state index in [0.29, 0.717) is 23.3 Å². The summed E-state index contributed by atoms with van der Waals surface area (Å²) in [6.45, 7) is 0.110. The van der Waals surface area contributed by atoms with Crippen LogP contribution < -0.4 is 5.32 Å². The number of rotatable bonds is 0. The van der Waals surface area contributed by atoms with Crippen LogP contribution in [0.15, 0.2) is 23.0 Å². The number of aliphatic hydroxyl groups is 4. The summed E-state index contributed by atoms with van der Waals surface area (Å²) in [4.78, 5) is 12.3. The highest BCUT2D eigenvalue weighted by Gasteiger charge is 2.54. The minimum Gasteiger partial charge on any atom is -0.469 e. The zero-order chi connectivity index (χ0) is 15.6. The van der Waals surface area contributed by atoms with Crippen molar-refractivity contribution in [2.24, 2.45) is 5.92 Å². The zero-order valence-corrected chi connectivity index (χ0v) is 11.5. The molecule has 22 heavy (non-hydrogen) atoms. The molecule has 2 aliphatic carbocycles. The van der Waals surface area contributed by atoms with Gasteiger partial charge in [0.15, 0.2) is 6.79 Å². The summed E-state index contributed by atoms with van der Waals surface area (Å²) in [5.41, 5.74) is 0.985. The normalized spacial score (nSPS) is 47.0. The Balaban J connectivity index is 1.79. The van der Waals surface area contributed by atoms with Gasteiger partial charge < -0.3 is 35.2 Å². The SMILES string of the molecule is O=C1N[C@H]2[C@H](O)[C@H](O)[C@@H](O)[C@H](O)[C@@H]2C2=C1CC1OCOC1=C2. The highest BCUT2D eigenvalue weighted by atomic mass is 16.7. The fourth-order valence-electron chi connectivity index (χ4n) is 3.76. The molecule has 1 saturated heterocycles. The monoisotopic (exact) mass is 311 g/mol. The molecule has 0 spiro atoms. The molecule has 0 aromatic heterocycles. The second-order valence-corrected chi connectivity index (χ2v) is 6.09. The van der Waals surface area contributed by atoms with Crippen molar-refractivity contribution in [3.63, 3.8) is 0 Å². The van der Waals surface area contributed by atoms with Crippen LogP contribution in [-0.4, -0.2) is 69.7 Å². The maximum Gasteiger partial charge on any atom is 0.247 e. The number of hydrogen-bond donors (Lipinski definition) is 5. The summed E-state index contributed by atoms with van der Waals surface area (Å²) in [6, 6.07) is -0.865. The predicted octanol–water partition coefficient (Wildman–Crippen LogP) is -2.48. The van der Waals surface area contributed by atoms with Crippen LogP contribution in [0.4, 0.5) is 0 Å². The first-order valence-corrected chi connectivity index (χ1v) is 7.21. The molecule has 0 aromatic rings. The Bertz CT molecular complexity index is 586. The molecule has 4 rings (SSSR count). The zero-order valence-electron chi connectivity index (χ0n) is 11.5.